The third kappa shape index (κ3) is 2.87. The molecule has 1 aliphatic carbocycles. The van der Waals surface area contributed by atoms with Gasteiger partial charge < -0.3 is 9.30 Å². The molecule has 1 aliphatic heterocycles. The number of para-hydroxylation sites is 2. The summed E-state index contributed by atoms with van der Waals surface area (Å²) in [6, 6.07) is 46.2. The van der Waals surface area contributed by atoms with Crippen LogP contribution >= 0.6 is 15.9 Å². The summed E-state index contributed by atoms with van der Waals surface area (Å²) in [5, 5.41) is 2.43. The number of nitrogens with zero attached hydrogens (tertiary/aromatic N) is 1. The van der Waals surface area contributed by atoms with Gasteiger partial charge in [0.05, 0.1) is 16.4 Å². The van der Waals surface area contributed by atoms with Crippen molar-refractivity contribution >= 4 is 37.7 Å². The van der Waals surface area contributed by atoms with E-state index in [9.17, 15) is 0 Å². The van der Waals surface area contributed by atoms with Crippen molar-refractivity contribution in [2.75, 3.05) is 0 Å². The van der Waals surface area contributed by atoms with Crippen LogP contribution in [0.3, 0.4) is 0 Å². The van der Waals surface area contributed by atoms with Crippen LogP contribution in [-0.4, -0.2) is 4.57 Å². The molecule has 0 amide bonds. The summed E-state index contributed by atoms with van der Waals surface area (Å²) in [4.78, 5) is 0. The monoisotopic (exact) mass is 589 g/mol. The molecule has 2 aliphatic rings. The predicted molar refractivity (Wildman–Crippen MR) is 171 cm³/mol. The number of benzene rings is 6. The summed E-state index contributed by atoms with van der Waals surface area (Å²) in [5.41, 5.74) is 11.7. The fourth-order valence-electron chi connectivity index (χ4n) is 7.49. The lowest BCUT2D eigenvalue weighted by Crippen LogP contribution is -2.32. The Labute approximate surface area is 246 Å². The van der Waals surface area contributed by atoms with E-state index < -0.39 is 5.41 Å². The lowest BCUT2D eigenvalue weighted by atomic mass is 9.66. The molecule has 2 heterocycles. The molecule has 1 aromatic heterocycles. The summed E-state index contributed by atoms with van der Waals surface area (Å²) in [6.07, 6.45) is 0. The number of rotatable bonds is 1. The highest BCUT2D eigenvalue weighted by atomic mass is 79.9. The summed E-state index contributed by atoms with van der Waals surface area (Å²) in [6.45, 7) is 2.20. The van der Waals surface area contributed by atoms with Crippen molar-refractivity contribution in [1.29, 1.82) is 0 Å². The fourth-order valence-corrected chi connectivity index (χ4v) is 7.83. The van der Waals surface area contributed by atoms with E-state index in [1.807, 2.05) is 0 Å². The van der Waals surface area contributed by atoms with Crippen molar-refractivity contribution in [3.05, 3.63) is 160 Å². The molecule has 41 heavy (non-hydrogen) atoms. The first-order valence-corrected chi connectivity index (χ1v) is 14.8. The molecule has 0 N–H and O–H groups in total. The normalized spacial score (nSPS) is 14.0. The van der Waals surface area contributed by atoms with E-state index in [2.05, 4.69) is 155 Å². The fraction of sp³-hybridized carbons (Fsp3) is 0.0526. The molecule has 7 aromatic rings. The van der Waals surface area contributed by atoms with Gasteiger partial charge in [-0.2, -0.15) is 0 Å². The lowest BCUT2D eigenvalue weighted by Gasteiger charge is -2.39. The van der Waals surface area contributed by atoms with Crippen LogP contribution in [0.1, 0.15) is 27.8 Å². The van der Waals surface area contributed by atoms with Crippen LogP contribution in [0.5, 0.6) is 11.5 Å². The van der Waals surface area contributed by atoms with Crippen LogP contribution in [0.25, 0.3) is 38.6 Å². The molecular formula is C38H24BrNO. The smallest absolute Gasteiger partial charge is 0.156 e. The van der Waals surface area contributed by atoms with Gasteiger partial charge in [-0.25, -0.2) is 0 Å². The average Bonchev–Trinajstić information content (AvgIpc) is 3.51. The zero-order valence-corrected chi connectivity index (χ0v) is 23.9. The molecular weight excluding hydrogens is 566 g/mol. The van der Waals surface area contributed by atoms with Crippen LogP contribution < -0.4 is 4.74 Å². The Kier molecular flexibility index (Phi) is 4.64. The quantitative estimate of drug-likeness (QED) is 0.186. The van der Waals surface area contributed by atoms with E-state index in [0.29, 0.717) is 0 Å². The Balaban J connectivity index is 1.52. The summed E-state index contributed by atoms with van der Waals surface area (Å²) < 4.78 is 10.5. The van der Waals surface area contributed by atoms with Gasteiger partial charge in [0.25, 0.3) is 0 Å². The summed E-state index contributed by atoms with van der Waals surface area (Å²) in [7, 11) is 0. The van der Waals surface area contributed by atoms with E-state index in [0.717, 1.165) is 27.2 Å². The maximum atomic E-state index is 7.07. The number of fused-ring (bicyclic) bond motifs is 13. The highest BCUT2D eigenvalue weighted by Gasteiger charge is 2.51. The van der Waals surface area contributed by atoms with Crippen molar-refractivity contribution in [1.82, 2.24) is 4.57 Å². The highest BCUT2D eigenvalue weighted by molar-refractivity contribution is 9.10. The van der Waals surface area contributed by atoms with E-state index in [1.54, 1.807) is 0 Å². The van der Waals surface area contributed by atoms with Gasteiger partial charge in [-0.1, -0.05) is 119 Å². The number of halogens is 1. The van der Waals surface area contributed by atoms with Gasteiger partial charge in [-0.05, 0) is 59.0 Å². The first kappa shape index (κ1) is 23.1. The molecule has 1 spiro atoms. The zero-order chi connectivity index (χ0) is 27.3. The third-order valence-corrected chi connectivity index (χ3v) is 9.53. The van der Waals surface area contributed by atoms with E-state index in [1.165, 1.54) is 55.2 Å². The van der Waals surface area contributed by atoms with Crippen molar-refractivity contribution in [3.8, 4) is 28.3 Å². The first-order chi connectivity index (χ1) is 20.2. The van der Waals surface area contributed by atoms with Crippen LogP contribution in [0.2, 0.25) is 0 Å². The van der Waals surface area contributed by atoms with E-state index in [4.69, 9.17) is 4.74 Å². The van der Waals surface area contributed by atoms with Crippen molar-refractivity contribution in [2.24, 2.45) is 0 Å². The molecule has 2 nitrogen and oxygen atoms in total. The van der Waals surface area contributed by atoms with Crippen molar-refractivity contribution in [2.45, 2.75) is 12.3 Å². The van der Waals surface area contributed by atoms with E-state index in [-0.39, 0.29) is 0 Å². The zero-order valence-electron chi connectivity index (χ0n) is 22.4. The van der Waals surface area contributed by atoms with Gasteiger partial charge >= 0.3 is 0 Å². The van der Waals surface area contributed by atoms with Crippen LogP contribution in [0, 0.1) is 6.92 Å². The minimum absolute atomic E-state index is 0.502. The minimum Gasteiger partial charge on any atom is -0.454 e. The van der Waals surface area contributed by atoms with Crippen molar-refractivity contribution < 1.29 is 4.74 Å². The van der Waals surface area contributed by atoms with Crippen LogP contribution in [0.15, 0.2) is 132 Å². The number of aromatic nitrogens is 1. The molecule has 0 saturated heterocycles. The third-order valence-electron chi connectivity index (χ3n) is 9.04. The lowest BCUT2D eigenvalue weighted by molar-refractivity contribution is 0.440. The second-order valence-corrected chi connectivity index (χ2v) is 12.0. The second kappa shape index (κ2) is 8.22. The number of hydrogen-bond donors (Lipinski definition) is 0. The van der Waals surface area contributed by atoms with Gasteiger partial charge in [-0.3, -0.25) is 0 Å². The highest BCUT2D eigenvalue weighted by Crippen LogP contribution is 2.63. The van der Waals surface area contributed by atoms with E-state index >= 15 is 0 Å². The van der Waals surface area contributed by atoms with Gasteiger partial charge in [0, 0.05) is 32.1 Å². The van der Waals surface area contributed by atoms with Gasteiger partial charge in [-0.15, -0.1) is 0 Å². The number of aryl methyl sites for hydroxylation is 1. The molecule has 0 fully saturated rings. The standard InChI is InChI=1S/C38H24BrNO/c1-23-10-9-15-28-29-19-21-33-37(36(29)40(35(23)28)25-11-3-2-4-12-25)41-34-22-24(39)18-20-32(34)38(33)30-16-7-5-13-26(30)27-14-6-8-17-31(27)38/h2-22H,1H3. The first-order valence-electron chi connectivity index (χ1n) is 14.0. The molecule has 0 unspecified atom stereocenters. The summed E-state index contributed by atoms with van der Waals surface area (Å²) in [5.74, 6) is 1.80. The number of hydrogen-bond acceptors (Lipinski definition) is 1. The predicted octanol–water partition coefficient (Wildman–Crippen LogP) is 10.3. The van der Waals surface area contributed by atoms with Crippen LogP contribution in [-0.2, 0) is 5.41 Å². The Bertz CT molecular complexity index is 2160. The second-order valence-electron chi connectivity index (χ2n) is 11.1. The van der Waals surface area contributed by atoms with Gasteiger partial charge in [0.15, 0.2) is 5.75 Å². The maximum absolute atomic E-state index is 7.07. The Morgan fingerprint density at radius 3 is 2.00 bits per heavy atom. The average molecular weight is 591 g/mol. The topological polar surface area (TPSA) is 14.2 Å². The Hall–Kier alpha value is -4.60. The number of ether oxygens (including phenoxy) is 1. The molecule has 3 heteroatoms. The van der Waals surface area contributed by atoms with Crippen LogP contribution in [0.4, 0.5) is 0 Å². The maximum Gasteiger partial charge on any atom is 0.156 e. The van der Waals surface area contributed by atoms with Gasteiger partial charge in [0.1, 0.15) is 5.75 Å². The molecule has 0 bridgehead atoms. The molecule has 194 valence electrons. The molecule has 0 saturated carbocycles. The van der Waals surface area contributed by atoms with Gasteiger partial charge in [0.2, 0.25) is 0 Å². The minimum atomic E-state index is -0.502. The molecule has 0 radical (unpaired) electrons. The SMILES string of the molecule is Cc1cccc2c3ccc4c(c3n(-c3ccccc3)c12)Oc1cc(Br)ccc1C41c2ccccc2-c2ccccc21. The largest absolute Gasteiger partial charge is 0.454 e. The Morgan fingerprint density at radius 1 is 0.585 bits per heavy atom. The van der Waals surface area contributed by atoms with Crippen molar-refractivity contribution in [3.63, 3.8) is 0 Å². The molecule has 9 rings (SSSR count). The Morgan fingerprint density at radius 2 is 1.24 bits per heavy atom. The molecule has 0 atom stereocenters. The molecule has 6 aromatic carbocycles. The summed E-state index contributed by atoms with van der Waals surface area (Å²) >= 11 is 3.74.